The molecule has 0 bridgehead atoms. The van der Waals surface area contributed by atoms with Crippen LogP contribution in [0.15, 0.2) is 44.2 Å². The number of nitrogens with one attached hydrogen (secondary N) is 1. The SMILES string of the molecule is Cc1nc(Cc2nnc(SCC(=O)Nc3ccc(S(=O)(=O)N4CCCC4)cc3)o2)cs1. The van der Waals surface area contributed by atoms with E-state index < -0.39 is 10.0 Å². The lowest BCUT2D eigenvalue weighted by atomic mass is 10.3. The molecule has 1 aliphatic heterocycles. The first-order valence-electron chi connectivity index (χ1n) is 9.66. The number of anilines is 1. The van der Waals surface area contributed by atoms with Crippen LogP contribution in [0.3, 0.4) is 0 Å². The third-order valence-corrected chi connectivity index (χ3v) is 8.17. The zero-order valence-corrected chi connectivity index (χ0v) is 19.2. The number of nitrogens with zero attached hydrogens (tertiary/aromatic N) is 4. The highest BCUT2D eigenvalue weighted by Gasteiger charge is 2.26. The van der Waals surface area contributed by atoms with Crippen molar-refractivity contribution in [2.75, 3.05) is 24.2 Å². The van der Waals surface area contributed by atoms with Crippen LogP contribution in [0.2, 0.25) is 0 Å². The predicted molar refractivity (Wildman–Crippen MR) is 118 cm³/mol. The second kappa shape index (κ2) is 9.47. The van der Waals surface area contributed by atoms with Gasteiger partial charge in [-0.3, -0.25) is 4.79 Å². The molecule has 0 radical (unpaired) electrons. The van der Waals surface area contributed by atoms with Gasteiger partial charge in [0.15, 0.2) is 0 Å². The molecule has 0 atom stereocenters. The predicted octanol–water partition coefficient (Wildman–Crippen LogP) is 2.94. The van der Waals surface area contributed by atoms with E-state index in [1.165, 1.54) is 16.4 Å². The summed E-state index contributed by atoms with van der Waals surface area (Å²) < 4.78 is 32.2. The number of amides is 1. The van der Waals surface area contributed by atoms with E-state index in [0.29, 0.717) is 36.3 Å². The fraction of sp³-hybridized carbons (Fsp3) is 0.368. The molecule has 0 spiro atoms. The molecule has 0 saturated carbocycles. The summed E-state index contributed by atoms with van der Waals surface area (Å²) in [6, 6.07) is 6.21. The van der Waals surface area contributed by atoms with E-state index in [0.717, 1.165) is 35.3 Å². The number of carbonyl (C=O) groups excluding carboxylic acids is 1. The number of aromatic nitrogens is 3. The van der Waals surface area contributed by atoms with Gasteiger partial charge in [0.1, 0.15) is 0 Å². The minimum atomic E-state index is -3.46. The number of thiazole rings is 1. The summed E-state index contributed by atoms with van der Waals surface area (Å²) in [7, 11) is -3.46. The van der Waals surface area contributed by atoms with Crippen LogP contribution >= 0.6 is 23.1 Å². The molecule has 1 N–H and O–H groups in total. The maximum Gasteiger partial charge on any atom is 0.277 e. The molecular weight excluding hydrogens is 458 g/mol. The van der Waals surface area contributed by atoms with E-state index in [4.69, 9.17) is 4.42 Å². The molecule has 1 saturated heterocycles. The molecule has 164 valence electrons. The maximum absolute atomic E-state index is 12.6. The Morgan fingerprint density at radius 2 is 1.97 bits per heavy atom. The molecule has 1 aliphatic rings. The summed E-state index contributed by atoms with van der Waals surface area (Å²) in [6.45, 7) is 3.04. The Bertz CT molecular complexity index is 1150. The summed E-state index contributed by atoms with van der Waals surface area (Å²) in [5.74, 6) is 0.281. The van der Waals surface area contributed by atoms with E-state index in [1.54, 1.807) is 23.5 Å². The molecular formula is C19H21N5O4S3. The number of hydrogen-bond donors (Lipinski definition) is 1. The van der Waals surface area contributed by atoms with Gasteiger partial charge in [0, 0.05) is 24.2 Å². The summed E-state index contributed by atoms with van der Waals surface area (Å²) >= 11 is 2.69. The fourth-order valence-electron chi connectivity index (χ4n) is 3.12. The lowest BCUT2D eigenvalue weighted by Crippen LogP contribution is -2.27. The quantitative estimate of drug-likeness (QED) is 0.490. The van der Waals surface area contributed by atoms with Crippen LogP contribution in [0.4, 0.5) is 5.69 Å². The van der Waals surface area contributed by atoms with Gasteiger partial charge in [0.2, 0.25) is 21.8 Å². The van der Waals surface area contributed by atoms with Gasteiger partial charge in [-0.2, -0.15) is 4.31 Å². The van der Waals surface area contributed by atoms with E-state index in [9.17, 15) is 13.2 Å². The summed E-state index contributed by atoms with van der Waals surface area (Å²) in [5, 5.41) is 13.9. The van der Waals surface area contributed by atoms with Crippen LogP contribution in [0.5, 0.6) is 0 Å². The molecule has 12 heteroatoms. The first-order chi connectivity index (χ1) is 14.9. The van der Waals surface area contributed by atoms with Crippen LogP contribution in [-0.4, -0.2) is 52.7 Å². The van der Waals surface area contributed by atoms with Crippen molar-refractivity contribution in [3.63, 3.8) is 0 Å². The third-order valence-electron chi connectivity index (χ3n) is 4.61. The Balaban J connectivity index is 1.28. The van der Waals surface area contributed by atoms with Crippen LogP contribution in [0, 0.1) is 6.92 Å². The number of aryl methyl sites for hydroxylation is 1. The Hall–Kier alpha value is -2.28. The van der Waals surface area contributed by atoms with Crippen molar-refractivity contribution in [3.05, 3.63) is 46.2 Å². The van der Waals surface area contributed by atoms with E-state index in [-0.39, 0.29) is 16.6 Å². The normalized spacial score (nSPS) is 14.7. The van der Waals surface area contributed by atoms with E-state index in [1.807, 2.05) is 12.3 Å². The fourth-order valence-corrected chi connectivity index (χ4v) is 5.83. The number of hydrogen-bond acceptors (Lipinski definition) is 9. The van der Waals surface area contributed by atoms with Crippen molar-refractivity contribution in [1.29, 1.82) is 0 Å². The lowest BCUT2D eigenvalue weighted by Gasteiger charge is -2.15. The van der Waals surface area contributed by atoms with Gasteiger partial charge in [-0.25, -0.2) is 13.4 Å². The molecule has 31 heavy (non-hydrogen) atoms. The van der Waals surface area contributed by atoms with Crippen molar-refractivity contribution >= 4 is 44.7 Å². The zero-order chi connectivity index (χ0) is 21.8. The largest absolute Gasteiger partial charge is 0.416 e. The average molecular weight is 480 g/mol. The molecule has 0 aliphatic carbocycles. The van der Waals surface area contributed by atoms with Crippen molar-refractivity contribution in [1.82, 2.24) is 19.5 Å². The second-order valence-electron chi connectivity index (χ2n) is 6.97. The molecule has 4 rings (SSSR count). The smallest absolute Gasteiger partial charge is 0.277 e. The molecule has 0 unspecified atom stereocenters. The Kier molecular flexibility index (Phi) is 6.70. The van der Waals surface area contributed by atoms with Gasteiger partial charge >= 0.3 is 0 Å². The lowest BCUT2D eigenvalue weighted by molar-refractivity contribution is -0.113. The molecule has 1 fully saturated rings. The topological polar surface area (TPSA) is 118 Å². The summed E-state index contributed by atoms with van der Waals surface area (Å²) in [5.41, 5.74) is 1.40. The van der Waals surface area contributed by atoms with Gasteiger partial charge in [0.25, 0.3) is 5.22 Å². The molecule has 3 aromatic rings. The standard InChI is InChI=1S/C19H21N5O4S3/c1-13-20-15(11-29-13)10-18-22-23-19(28-18)30-12-17(25)21-14-4-6-16(7-5-14)31(26,27)24-8-2-3-9-24/h4-7,11H,2-3,8-10,12H2,1H3,(H,21,25). The number of rotatable bonds is 8. The minimum Gasteiger partial charge on any atom is -0.416 e. The molecule has 9 nitrogen and oxygen atoms in total. The third kappa shape index (κ3) is 5.50. The van der Waals surface area contributed by atoms with Crippen molar-refractivity contribution in [3.8, 4) is 0 Å². The molecule has 2 aromatic heterocycles. The van der Waals surface area contributed by atoms with Gasteiger partial charge < -0.3 is 9.73 Å². The van der Waals surface area contributed by atoms with E-state index in [2.05, 4.69) is 20.5 Å². The monoisotopic (exact) mass is 479 g/mol. The van der Waals surface area contributed by atoms with Crippen molar-refractivity contribution in [2.24, 2.45) is 0 Å². The molecule has 3 heterocycles. The van der Waals surface area contributed by atoms with Crippen LogP contribution < -0.4 is 5.32 Å². The highest BCUT2D eigenvalue weighted by molar-refractivity contribution is 7.99. The molecule has 1 aromatic carbocycles. The summed E-state index contributed by atoms with van der Waals surface area (Å²) in [4.78, 5) is 16.8. The van der Waals surface area contributed by atoms with Gasteiger partial charge in [-0.15, -0.1) is 21.5 Å². The van der Waals surface area contributed by atoms with Gasteiger partial charge in [-0.1, -0.05) is 11.8 Å². The average Bonchev–Trinajstić information content (AvgIpc) is 3.50. The van der Waals surface area contributed by atoms with Crippen LogP contribution in [0.25, 0.3) is 0 Å². The van der Waals surface area contributed by atoms with Crippen LogP contribution in [-0.2, 0) is 21.2 Å². The Morgan fingerprint density at radius 1 is 1.23 bits per heavy atom. The first-order valence-corrected chi connectivity index (χ1v) is 13.0. The van der Waals surface area contributed by atoms with E-state index >= 15 is 0 Å². The number of carbonyl (C=O) groups is 1. The zero-order valence-electron chi connectivity index (χ0n) is 16.8. The Labute approximate surface area is 188 Å². The summed E-state index contributed by atoms with van der Waals surface area (Å²) in [6.07, 6.45) is 2.23. The van der Waals surface area contributed by atoms with Gasteiger partial charge in [0.05, 0.1) is 27.8 Å². The van der Waals surface area contributed by atoms with Gasteiger partial charge in [-0.05, 0) is 44.0 Å². The highest BCUT2D eigenvalue weighted by Crippen LogP contribution is 2.23. The number of thioether (sulfide) groups is 1. The Morgan fingerprint density at radius 3 is 2.65 bits per heavy atom. The number of sulfonamides is 1. The molecule has 1 amide bonds. The highest BCUT2D eigenvalue weighted by atomic mass is 32.2. The number of benzene rings is 1. The minimum absolute atomic E-state index is 0.0886. The maximum atomic E-state index is 12.6. The van der Waals surface area contributed by atoms with Crippen LogP contribution in [0.1, 0.15) is 29.4 Å². The van der Waals surface area contributed by atoms with Crippen molar-refractivity contribution in [2.45, 2.75) is 36.3 Å². The first kappa shape index (κ1) is 21.9. The second-order valence-corrected chi connectivity index (χ2v) is 10.9. The van der Waals surface area contributed by atoms with Crippen molar-refractivity contribution < 1.29 is 17.6 Å².